The maximum absolute atomic E-state index is 6.08. The van der Waals surface area contributed by atoms with Crippen LogP contribution in [0.1, 0.15) is 25.0 Å². The van der Waals surface area contributed by atoms with Crippen LogP contribution in [0.5, 0.6) is 0 Å². The number of halogens is 1. The Morgan fingerprint density at radius 3 is 2.33 bits per heavy atom. The predicted molar refractivity (Wildman–Crippen MR) is 112 cm³/mol. The van der Waals surface area contributed by atoms with Crippen molar-refractivity contribution in [3.63, 3.8) is 0 Å². The van der Waals surface area contributed by atoms with Crippen LogP contribution in [-0.2, 0) is 4.74 Å². The normalized spacial score (nSPS) is 17.5. The molecule has 0 radical (unpaired) electrons. The van der Waals surface area contributed by atoms with Gasteiger partial charge in [0.25, 0.3) is 0 Å². The topological polar surface area (TPSA) is 62.9 Å². The van der Waals surface area contributed by atoms with Gasteiger partial charge in [-0.2, -0.15) is 0 Å². The van der Waals surface area contributed by atoms with Crippen LogP contribution in [0, 0.1) is 19.8 Å². The minimum absolute atomic E-state index is 0. The maximum Gasteiger partial charge on any atom is 0.193 e. The van der Waals surface area contributed by atoms with Crippen molar-refractivity contribution in [2.75, 3.05) is 38.2 Å². The molecule has 1 atom stereocenters. The van der Waals surface area contributed by atoms with Gasteiger partial charge in [0.1, 0.15) is 0 Å². The van der Waals surface area contributed by atoms with E-state index in [4.69, 9.17) is 10.5 Å². The van der Waals surface area contributed by atoms with E-state index < -0.39 is 0 Å². The SMILES string of the molecule is Cc1cc(C)cc(NC(N)=NCC(C(C)C)N2CCOCC2)c1.I. The molecule has 6 heteroatoms. The van der Waals surface area contributed by atoms with Gasteiger partial charge in [-0.1, -0.05) is 19.9 Å². The Morgan fingerprint density at radius 2 is 1.79 bits per heavy atom. The highest BCUT2D eigenvalue weighted by molar-refractivity contribution is 14.0. The number of nitrogens with one attached hydrogen (secondary N) is 1. The summed E-state index contributed by atoms with van der Waals surface area (Å²) in [7, 11) is 0. The van der Waals surface area contributed by atoms with Gasteiger partial charge in [0.2, 0.25) is 0 Å². The molecule has 1 fully saturated rings. The zero-order valence-electron chi connectivity index (χ0n) is 15.2. The third-order valence-electron chi connectivity index (χ3n) is 4.23. The monoisotopic (exact) mass is 446 g/mol. The first-order chi connectivity index (χ1) is 11.0. The lowest BCUT2D eigenvalue weighted by atomic mass is 10.0. The Morgan fingerprint density at radius 1 is 1.21 bits per heavy atom. The number of rotatable bonds is 5. The van der Waals surface area contributed by atoms with Crippen LogP contribution < -0.4 is 11.1 Å². The van der Waals surface area contributed by atoms with Crippen molar-refractivity contribution in [3.05, 3.63) is 29.3 Å². The van der Waals surface area contributed by atoms with Crippen molar-refractivity contribution >= 4 is 35.6 Å². The highest BCUT2D eigenvalue weighted by atomic mass is 127. The molecule has 1 aliphatic rings. The summed E-state index contributed by atoms with van der Waals surface area (Å²) in [5, 5.41) is 3.21. The molecule has 0 amide bonds. The van der Waals surface area contributed by atoms with Crippen molar-refractivity contribution in [2.24, 2.45) is 16.6 Å². The molecular formula is C18H31IN4O. The van der Waals surface area contributed by atoms with E-state index in [1.54, 1.807) is 0 Å². The Bertz CT molecular complexity index is 522. The van der Waals surface area contributed by atoms with Gasteiger partial charge in [-0.05, 0) is 43.0 Å². The largest absolute Gasteiger partial charge is 0.379 e. The number of morpholine rings is 1. The van der Waals surface area contributed by atoms with Crippen LogP contribution in [0.25, 0.3) is 0 Å². The summed E-state index contributed by atoms with van der Waals surface area (Å²) in [6.07, 6.45) is 0. The Balaban J connectivity index is 0.00000288. The third-order valence-corrected chi connectivity index (χ3v) is 4.23. The quantitative estimate of drug-likeness (QED) is 0.415. The molecule has 24 heavy (non-hydrogen) atoms. The van der Waals surface area contributed by atoms with Crippen molar-refractivity contribution < 1.29 is 4.74 Å². The van der Waals surface area contributed by atoms with E-state index in [0.717, 1.165) is 32.0 Å². The minimum Gasteiger partial charge on any atom is -0.379 e. The summed E-state index contributed by atoms with van der Waals surface area (Å²) < 4.78 is 5.44. The van der Waals surface area contributed by atoms with Gasteiger partial charge in [0.15, 0.2) is 5.96 Å². The molecule has 0 aliphatic carbocycles. The summed E-state index contributed by atoms with van der Waals surface area (Å²) in [5.41, 5.74) is 9.51. The summed E-state index contributed by atoms with van der Waals surface area (Å²) in [5.74, 6) is 1.01. The fraction of sp³-hybridized carbons (Fsp3) is 0.611. The van der Waals surface area contributed by atoms with Crippen LogP contribution in [-0.4, -0.2) is 49.7 Å². The number of ether oxygens (including phenoxy) is 1. The number of nitrogens with zero attached hydrogens (tertiary/aromatic N) is 2. The van der Waals surface area contributed by atoms with Gasteiger partial charge in [0, 0.05) is 24.8 Å². The number of aliphatic imine (C=N–C) groups is 1. The molecule has 0 saturated carbocycles. The standard InChI is InChI=1S/C18H30N4O.HI/c1-13(2)17(22-5-7-23-8-6-22)12-20-18(19)21-16-10-14(3)9-15(4)11-16;/h9-11,13,17H,5-8,12H2,1-4H3,(H3,19,20,21);1H. The van der Waals surface area contributed by atoms with Gasteiger partial charge in [0.05, 0.1) is 19.8 Å². The van der Waals surface area contributed by atoms with Crippen LogP contribution in [0.15, 0.2) is 23.2 Å². The molecule has 1 aromatic rings. The molecule has 1 aliphatic heterocycles. The fourth-order valence-electron chi connectivity index (χ4n) is 3.08. The highest BCUT2D eigenvalue weighted by Gasteiger charge is 2.23. The molecule has 0 aromatic heterocycles. The summed E-state index contributed by atoms with van der Waals surface area (Å²) in [6.45, 7) is 12.9. The smallest absolute Gasteiger partial charge is 0.193 e. The van der Waals surface area contributed by atoms with E-state index >= 15 is 0 Å². The number of aryl methyl sites for hydroxylation is 2. The lowest BCUT2D eigenvalue weighted by Gasteiger charge is -2.36. The summed E-state index contributed by atoms with van der Waals surface area (Å²) in [4.78, 5) is 7.04. The van der Waals surface area contributed by atoms with Crippen molar-refractivity contribution in [1.82, 2.24) is 4.90 Å². The van der Waals surface area contributed by atoms with Crippen molar-refractivity contribution in [3.8, 4) is 0 Å². The van der Waals surface area contributed by atoms with E-state index in [-0.39, 0.29) is 24.0 Å². The molecule has 0 spiro atoms. The highest BCUT2D eigenvalue weighted by Crippen LogP contribution is 2.15. The second-order valence-corrected chi connectivity index (χ2v) is 6.69. The lowest BCUT2D eigenvalue weighted by molar-refractivity contribution is 0.00870. The zero-order chi connectivity index (χ0) is 16.8. The molecule has 3 N–H and O–H groups in total. The van der Waals surface area contributed by atoms with E-state index in [9.17, 15) is 0 Å². The molecule has 1 saturated heterocycles. The van der Waals surface area contributed by atoms with Crippen LogP contribution in [0.4, 0.5) is 5.69 Å². The number of anilines is 1. The number of nitrogens with two attached hydrogens (primary N) is 1. The van der Waals surface area contributed by atoms with Crippen LogP contribution in [0.3, 0.4) is 0 Å². The number of hydrogen-bond acceptors (Lipinski definition) is 3. The predicted octanol–water partition coefficient (Wildman–Crippen LogP) is 3.00. The molecule has 1 heterocycles. The minimum atomic E-state index is 0. The van der Waals surface area contributed by atoms with Gasteiger partial charge in [-0.3, -0.25) is 9.89 Å². The average Bonchev–Trinajstić information content (AvgIpc) is 2.47. The number of hydrogen-bond donors (Lipinski definition) is 2. The Labute approximate surface area is 163 Å². The number of guanidine groups is 1. The lowest BCUT2D eigenvalue weighted by Crippen LogP contribution is -2.47. The first-order valence-electron chi connectivity index (χ1n) is 8.42. The van der Waals surface area contributed by atoms with E-state index in [1.165, 1.54) is 11.1 Å². The first kappa shape index (κ1) is 21.2. The summed E-state index contributed by atoms with van der Waals surface area (Å²) >= 11 is 0. The molecular weight excluding hydrogens is 415 g/mol. The van der Waals surface area contributed by atoms with Crippen LogP contribution >= 0.6 is 24.0 Å². The zero-order valence-corrected chi connectivity index (χ0v) is 17.5. The first-order valence-corrected chi connectivity index (χ1v) is 8.42. The second-order valence-electron chi connectivity index (χ2n) is 6.69. The van der Waals surface area contributed by atoms with Crippen LogP contribution in [0.2, 0.25) is 0 Å². The molecule has 136 valence electrons. The summed E-state index contributed by atoms with van der Waals surface area (Å²) in [6, 6.07) is 6.71. The third kappa shape index (κ3) is 6.57. The van der Waals surface area contributed by atoms with Gasteiger partial charge < -0.3 is 15.8 Å². The molecule has 5 nitrogen and oxygen atoms in total. The fourth-order valence-corrected chi connectivity index (χ4v) is 3.08. The maximum atomic E-state index is 6.08. The molecule has 0 bridgehead atoms. The average molecular weight is 446 g/mol. The van der Waals surface area contributed by atoms with E-state index in [0.29, 0.717) is 24.5 Å². The molecule has 2 rings (SSSR count). The Kier molecular flexibility index (Phi) is 9.01. The number of benzene rings is 1. The molecule has 1 unspecified atom stereocenters. The van der Waals surface area contributed by atoms with Crippen molar-refractivity contribution in [2.45, 2.75) is 33.7 Å². The van der Waals surface area contributed by atoms with Crippen molar-refractivity contribution in [1.29, 1.82) is 0 Å². The van der Waals surface area contributed by atoms with E-state index in [2.05, 4.69) is 61.1 Å². The van der Waals surface area contributed by atoms with Gasteiger partial charge in [-0.25, -0.2) is 0 Å². The second kappa shape index (κ2) is 10.2. The Hall–Kier alpha value is -0.860. The van der Waals surface area contributed by atoms with Gasteiger partial charge in [-0.15, -0.1) is 24.0 Å². The molecule has 1 aromatic carbocycles. The van der Waals surface area contributed by atoms with Gasteiger partial charge >= 0.3 is 0 Å². The van der Waals surface area contributed by atoms with E-state index in [1.807, 2.05) is 0 Å².